The Kier molecular flexibility index (Phi) is 44.2. The van der Waals surface area contributed by atoms with Crippen LogP contribution in [0, 0.1) is 13.8 Å². The molecular weight excluding hydrogens is 1350 g/mol. The molecule has 0 aliphatic heterocycles. The first-order valence-electron chi connectivity index (χ1n) is 40.8. The molecule has 0 saturated carbocycles. The molecule has 6 nitrogen and oxygen atoms in total. The quantitative estimate of drug-likeness (QED) is 0.0362. The monoisotopic (exact) mass is 1500 g/mol. The molecule has 1 unspecified atom stereocenters. The van der Waals surface area contributed by atoms with Gasteiger partial charge in [0.25, 0.3) is 0 Å². The molecule has 0 radical (unpaired) electrons. The predicted molar refractivity (Wildman–Crippen MR) is 479 cm³/mol. The van der Waals surface area contributed by atoms with Gasteiger partial charge in [-0.2, -0.15) is 0 Å². The van der Waals surface area contributed by atoms with Crippen LogP contribution in [-0.4, -0.2) is 42.1 Å². The van der Waals surface area contributed by atoms with Crippen LogP contribution in [0.3, 0.4) is 0 Å². The second-order valence-corrected chi connectivity index (χ2v) is 33.7. The molecule has 0 aliphatic carbocycles. The van der Waals surface area contributed by atoms with E-state index in [-0.39, 0.29) is 0 Å². The standard InChI is InChI=1S/C54H74O4S.C48H70O2/c1-40(2)22-17-23-41(3)24-18-25-42(4)26-19-27-43(5)28-20-30-45(7)38-49(59(55,56)48-32-13-12-14-33-48)39-46(8)31-21-29-44(6)36-37-50-47(9)53(57-10)51-34-15-16-35-52(51)54(50)58-11;1-36(2)20-14-21-37(3)22-15-23-38(4)24-16-25-39(5)26-17-27-40(6)28-18-29-41(7)30-19-31-42(8)34-35-44-43(9)47(49-10)45-32-12-13-33-46(45)48(44)50-11/h12-16,22,24,26,28,31-36,38,49H,17-21,23,25,27,29-30,37,39H2,1-11H3;12-13,20,22,24,26,28,30,32-34H,14-19,21,23,25,27,29,31,35H2,1-11H3/b41-24+,42-26+,43-28+,44-36+,45-38+,46-31+;37-22+,38-24+,39-26+,40-28+,41-30+,42-34+. The van der Waals surface area contributed by atoms with Crippen LogP contribution in [0.2, 0.25) is 0 Å². The molecule has 7 heteroatoms. The number of methoxy groups -OCH3 is 4. The lowest BCUT2D eigenvalue weighted by molar-refractivity contribution is 0.404. The molecule has 0 bridgehead atoms. The van der Waals surface area contributed by atoms with Gasteiger partial charge in [-0.1, -0.05) is 230 Å². The Morgan fingerprint density at radius 1 is 0.294 bits per heavy atom. The fourth-order valence-electron chi connectivity index (χ4n) is 14.1. The van der Waals surface area contributed by atoms with Gasteiger partial charge >= 0.3 is 0 Å². The number of fused-ring (bicyclic) bond motifs is 2. The van der Waals surface area contributed by atoms with Crippen molar-refractivity contribution in [3.8, 4) is 23.0 Å². The number of hydrogen-bond donors (Lipinski definition) is 0. The van der Waals surface area contributed by atoms with Crippen molar-refractivity contribution in [2.45, 2.75) is 295 Å². The maximum atomic E-state index is 14.0. The lowest BCUT2D eigenvalue weighted by Gasteiger charge is -2.18. The van der Waals surface area contributed by atoms with Crippen molar-refractivity contribution in [1.82, 2.24) is 0 Å². The van der Waals surface area contributed by atoms with E-state index < -0.39 is 15.1 Å². The van der Waals surface area contributed by atoms with E-state index in [9.17, 15) is 8.42 Å². The largest absolute Gasteiger partial charge is 0.496 e. The van der Waals surface area contributed by atoms with Gasteiger partial charge in [0, 0.05) is 32.7 Å². The molecule has 0 amide bonds. The first-order chi connectivity index (χ1) is 52.1. The van der Waals surface area contributed by atoms with Crippen molar-refractivity contribution in [3.05, 3.63) is 264 Å². The molecule has 0 spiro atoms. The summed E-state index contributed by atoms with van der Waals surface area (Å²) in [4.78, 5) is 0.376. The highest BCUT2D eigenvalue weighted by molar-refractivity contribution is 7.92. The molecule has 0 aromatic heterocycles. The third-order valence-electron chi connectivity index (χ3n) is 21.0. The van der Waals surface area contributed by atoms with Crippen LogP contribution in [0.1, 0.15) is 281 Å². The van der Waals surface area contributed by atoms with Crippen molar-refractivity contribution in [2.24, 2.45) is 0 Å². The third-order valence-corrected chi connectivity index (χ3v) is 23.1. The van der Waals surface area contributed by atoms with E-state index in [1.165, 1.54) is 98.1 Å². The molecule has 5 rings (SSSR count). The van der Waals surface area contributed by atoms with Crippen LogP contribution in [0.4, 0.5) is 0 Å². The minimum atomic E-state index is -3.56. The van der Waals surface area contributed by atoms with Crippen LogP contribution in [0.15, 0.2) is 247 Å². The maximum absolute atomic E-state index is 14.0. The van der Waals surface area contributed by atoms with Gasteiger partial charge in [0.05, 0.1) is 38.6 Å². The second kappa shape index (κ2) is 51.6. The fraction of sp³-hybridized carbons (Fsp3) is 0.471. The highest BCUT2D eigenvalue weighted by Crippen LogP contribution is 2.43. The van der Waals surface area contributed by atoms with E-state index in [2.05, 4.69) is 240 Å². The minimum Gasteiger partial charge on any atom is -0.496 e. The molecule has 0 fully saturated rings. The average Bonchev–Trinajstić information content (AvgIpc) is 0.776. The molecule has 0 heterocycles. The molecule has 5 aromatic carbocycles. The van der Waals surface area contributed by atoms with Crippen molar-refractivity contribution < 1.29 is 27.4 Å². The van der Waals surface area contributed by atoms with Gasteiger partial charge in [-0.05, 0) is 308 Å². The average molecular weight is 1500 g/mol. The summed E-state index contributed by atoms with van der Waals surface area (Å²) in [6.45, 7) is 39.6. The summed E-state index contributed by atoms with van der Waals surface area (Å²) < 4.78 is 51.5. The van der Waals surface area contributed by atoms with E-state index in [1.54, 1.807) is 52.7 Å². The third kappa shape index (κ3) is 34.9. The zero-order chi connectivity index (χ0) is 80.3. The van der Waals surface area contributed by atoms with Gasteiger partial charge in [-0.15, -0.1) is 0 Å². The van der Waals surface area contributed by atoms with E-state index in [0.29, 0.717) is 11.3 Å². The number of benzene rings is 5. The van der Waals surface area contributed by atoms with Crippen molar-refractivity contribution in [2.75, 3.05) is 28.4 Å². The Bertz CT molecular complexity index is 4240. The van der Waals surface area contributed by atoms with Crippen LogP contribution in [-0.2, 0) is 22.7 Å². The highest BCUT2D eigenvalue weighted by Gasteiger charge is 2.26. The lowest BCUT2D eigenvalue weighted by Crippen LogP contribution is -2.20. The van der Waals surface area contributed by atoms with Gasteiger partial charge in [-0.3, -0.25) is 0 Å². The van der Waals surface area contributed by atoms with Gasteiger partial charge in [-0.25, -0.2) is 8.42 Å². The van der Waals surface area contributed by atoms with E-state index in [1.807, 2.05) is 24.3 Å². The smallest absolute Gasteiger partial charge is 0.185 e. The molecule has 109 heavy (non-hydrogen) atoms. The van der Waals surface area contributed by atoms with Crippen LogP contribution < -0.4 is 18.9 Å². The summed E-state index contributed by atoms with van der Waals surface area (Å²) in [5.41, 5.74) is 24.2. The second-order valence-electron chi connectivity index (χ2n) is 31.5. The Morgan fingerprint density at radius 3 is 0.789 bits per heavy atom. The van der Waals surface area contributed by atoms with Crippen molar-refractivity contribution >= 4 is 31.4 Å². The summed E-state index contributed by atoms with van der Waals surface area (Å²) in [7, 11) is 3.43. The van der Waals surface area contributed by atoms with Crippen LogP contribution >= 0.6 is 0 Å². The molecule has 5 aromatic rings. The number of ether oxygens (including phenoxy) is 4. The number of hydrogen-bond acceptors (Lipinski definition) is 6. The summed E-state index contributed by atoms with van der Waals surface area (Å²) in [6.07, 6.45) is 58.7. The zero-order valence-corrected chi connectivity index (χ0v) is 73.0. The van der Waals surface area contributed by atoms with E-state index >= 15 is 0 Å². The minimum absolute atomic E-state index is 0.376. The molecular formula is C102H144O6S. The topological polar surface area (TPSA) is 71.1 Å². The Hall–Kier alpha value is -7.87. The number of allylic oxidation sites excluding steroid dienone is 27. The molecule has 0 saturated heterocycles. The maximum Gasteiger partial charge on any atom is 0.185 e. The predicted octanol–water partition coefficient (Wildman–Crippen LogP) is 30.5. The van der Waals surface area contributed by atoms with Crippen molar-refractivity contribution in [3.63, 3.8) is 0 Å². The summed E-state index contributed by atoms with van der Waals surface area (Å²) in [5, 5.41) is 3.70. The van der Waals surface area contributed by atoms with Crippen LogP contribution in [0.5, 0.6) is 23.0 Å². The van der Waals surface area contributed by atoms with E-state index in [4.69, 9.17) is 18.9 Å². The Labute approximate surface area is 665 Å². The normalized spacial score (nSPS) is 13.9. The molecule has 1 atom stereocenters. The van der Waals surface area contributed by atoms with Gasteiger partial charge < -0.3 is 18.9 Å². The zero-order valence-electron chi connectivity index (χ0n) is 72.2. The Morgan fingerprint density at radius 2 is 0.523 bits per heavy atom. The Balaban J connectivity index is 0.000000467. The van der Waals surface area contributed by atoms with Gasteiger partial charge in [0.2, 0.25) is 0 Å². The molecule has 0 N–H and O–H groups in total. The summed E-state index contributed by atoms with van der Waals surface area (Å²) in [5.74, 6) is 3.69. The fourth-order valence-corrected chi connectivity index (χ4v) is 15.9. The van der Waals surface area contributed by atoms with E-state index in [0.717, 1.165) is 201 Å². The van der Waals surface area contributed by atoms with Gasteiger partial charge in [0.15, 0.2) is 9.84 Å². The first kappa shape index (κ1) is 93.5. The SMILES string of the molecule is COc1c(C)c(C/C=C(\C)CC/C=C(\C)CC(/C=C(\C)CC/C=C(\C)CC/C=C(\C)CC/C=C(\C)CCC=C(C)C)S(=O)(=O)c2ccccc2)c(OC)c2ccccc12.COc1c(C)c(C/C=C(\C)CC/C=C(\C)CC/C=C(\C)CC/C=C(\C)CC/C=C(\C)CC/C=C(\C)CCC=C(C)C)c(OC)c2ccccc12. The lowest BCUT2D eigenvalue weighted by atomic mass is 9.95. The number of rotatable bonds is 46. The molecule has 0 aliphatic rings. The highest BCUT2D eigenvalue weighted by atomic mass is 32.2. The van der Waals surface area contributed by atoms with Gasteiger partial charge in [0.1, 0.15) is 23.0 Å². The van der Waals surface area contributed by atoms with Crippen LogP contribution in [0.25, 0.3) is 21.5 Å². The number of sulfone groups is 1. The molecule has 594 valence electrons. The van der Waals surface area contributed by atoms with Crippen molar-refractivity contribution in [1.29, 1.82) is 0 Å². The summed E-state index contributed by atoms with van der Waals surface area (Å²) in [6, 6.07) is 25.5. The first-order valence-corrected chi connectivity index (χ1v) is 42.4. The summed E-state index contributed by atoms with van der Waals surface area (Å²) >= 11 is 0.